The van der Waals surface area contributed by atoms with Crippen LogP contribution in [0.15, 0.2) is 97.8 Å². The van der Waals surface area contributed by atoms with Crippen molar-refractivity contribution >= 4 is 41.0 Å². The number of carbonyl (C=O) groups is 3. The summed E-state index contributed by atoms with van der Waals surface area (Å²) in [5.41, 5.74) is 5.55. The maximum Gasteiger partial charge on any atom is 0.254 e. The Morgan fingerprint density at radius 3 is 1.68 bits per heavy atom. The molecule has 19 heteroatoms. The first kappa shape index (κ1) is 48.0. The van der Waals surface area contributed by atoms with Gasteiger partial charge in [-0.3, -0.25) is 23.7 Å². The Morgan fingerprint density at radius 2 is 1.21 bits per heavy atom. The van der Waals surface area contributed by atoms with E-state index in [1.807, 2.05) is 52.1 Å². The SMILES string of the molecule is N#CC(Cn1cc(-c2ccnc(Nc3cccc(C(=O)N4CCC(O)C4)c3)n2)cn1)C1CCCC1.N#CC(Cn1cc(-c2ccnc(Nc3cccc(C(=O)N4CCNC(=O)C4)c3)n2)cn1)C1CCCC1. The van der Waals surface area contributed by atoms with Crippen molar-refractivity contribution in [1.82, 2.24) is 54.6 Å². The van der Waals surface area contributed by atoms with E-state index in [1.165, 1.54) is 30.6 Å². The second-order valence-corrected chi connectivity index (χ2v) is 18.7. The van der Waals surface area contributed by atoms with Crippen LogP contribution in [0.25, 0.3) is 22.5 Å². The van der Waals surface area contributed by atoms with Crippen LogP contribution in [-0.4, -0.2) is 111 Å². The lowest BCUT2D eigenvalue weighted by molar-refractivity contribution is -0.123. The highest BCUT2D eigenvalue weighted by Crippen LogP contribution is 2.34. The van der Waals surface area contributed by atoms with Crippen LogP contribution in [0.4, 0.5) is 23.3 Å². The lowest BCUT2D eigenvalue weighted by atomic mass is 9.92. The number of rotatable bonds is 14. The van der Waals surface area contributed by atoms with Gasteiger partial charge in [-0.05, 0) is 92.5 Å². The van der Waals surface area contributed by atoms with Crippen LogP contribution in [0.5, 0.6) is 0 Å². The van der Waals surface area contributed by atoms with Gasteiger partial charge >= 0.3 is 0 Å². The third-order valence-corrected chi connectivity index (χ3v) is 13.7. The Labute approximate surface area is 412 Å². The first-order valence-corrected chi connectivity index (χ1v) is 24.5. The summed E-state index contributed by atoms with van der Waals surface area (Å²) in [6.07, 6.45) is 20.2. The maximum atomic E-state index is 12.8. The molecule has 2 saturated heterocycles. The number of hydrogen-bond acceptors (Lipinski definition) is 14. The largest absolute Gasteiger partial charge is 0.391 e. The fourth-order valence-electron chi connectivity index (χ4n) is 9.89. The molecular formula is C52H57N15O4. The van der Waals surface area contributed by atoms with Gasteiger partial charge in [-0.15, -0.1) is 0 Å². The summed E-state index contributed by atoms with van der Waals surface area (Å²) in [6, 6.07) is 22.9. The molecule has 10 rings (SSSR count). The molecule has 4 N–H and O–H groups in total. The van der Waals surface area contributed by atoms with Crippen LogP contribution in [0, 0.1) is 46.3 Å². The van der Waals surface area contributed by atoms with Gasteiger partial charge in [0.15, 0.2) is 0 Å². The van der Waals surface area contributed by atoms with Gasteiger partial charge in [-0.2, -0.15) is 20.7 Å². The molecule has 3 amide bonds. The van der Waals surface area contributed by atoms with Crippen LogP contribution < -0.4 is 16.0 Å². The van der Waals surface area contributed by atoms with Gasteiger partial charge in [0.05, 0.1) is 73.5 Å². The van der Waals surface area contributed by atoms with E-state index in [-0.39, 0.29) is 36.1 Å². The van der Waals surface area contributed by atoms with E-state index in [2.05, 4.69) is 58.2 Å². The lowest BCUT2D eigenvalue weighted by Gasteiger charge is -2.26. The molecule has 2 aliphatic heterocycles. The smallest absolute Gasteiger partial charge is 0.254 e. The van der Waals surface area contributed by atoms with Gasteiger partial charge in [0, 0.05) is 84.6 Å². The summed E-state index contributed by atoms with van der Waals surface area (Å²) in [5, 5.41) is 47.0. The Balaban J connectivity index is 0.000000176. The quantitative estimate of drug-likeness (QED) is 0.0898. The number of likely N-dealkylation sites (tertiary alicyclic amines) is 1. The number of nitrogens with one attached hydrogen (secondary N) is 3. The summed E-state index contributed by atoms with van der Waals surface area (Å²) < 4.78 is 3.66. The average Bonchev–Trinajstić information content (AvgIpc) is 4.27. The van der Waals surface area contributed by atoms with Gasteiger partial charge < -0.3 is 30.9 Å². The number of aliphatic hydroxyl groups excluding tert-OH is 1. The predicted octanol–water partition coefficient (Wildman–Crippen LogP) is 6.61. The van der Waals surface area contributed by atoms with Crippen molar-refractivity contribution < 1.29 is 19.5 Å². The number of piperazine rings is 1. The minimum atomic E-state index is -0.450. The number of hydrogen-bond donors (Lipinski definition) is 4. The Kier molecular flexibility index (Phi) is 15.3. The Hall–Kier alpha value is -8.03. The van der Waals surface area contributed by atoms with Crippen molar-refractivity contribution in [1.29, 1.82) is 10.5 Å². The van der Waals surface area contributed by atoms with Crippen LogP contribution in [0.3, 0.4) is 0 Å². The van der Waals surface area contributed by atoms with Crippen molar-refractivity contribution in [3.8, 4) is 34.7 Å². The van der Waals surface area contributed by atoms with Gasteiger partial charge in [-0.25, -0.2) is 19.9 Å². The van der Waals surface area contributed by atoms with E-state index in [0.717, 1.165) is 42.5 Å². The monoisotopic (exact) mass is 955 g/mol. The molecule has 6 aromatic rings. The van der Waals surface area contributed by atoms with E-state index in [1.54, 1.807) is 60.0 Å². The topological polar surface area (TPSA) is 249 Å². The molecule has 0 bridgehead atoms. The zero-order valence-electron chi connectivity index (χ0n) is 39.5. The van der Waals surface area contributed by atoms with Gasteiger partial charge in [0.2, 0.25) is 17.8 Å². The standard InChI is InChI=1S/C26H28N8O2.C26H29N7O2/c27-13-20(18-4-1-2-5-18)15-34-16-21(14-30-34)23-8-9-29-26(32-23)31-22-7-3-6-19(12-22)25(36)33-11-10-28-24(35)17-33;27-13-20(18-4-1-2-5-18)15-33-16-21(14-29-33)24-8-10-28-26(31-24)30-22-7-3-6-19(12-22)25(35)32-11-9-23(34)17-32/h3,6-9,12,14,16,18,20H,1-2,4-5,10-11,15,17H2,(H,28,35)(H,29,31,32);3,6-8,10,12,14,16,18,20,23,34H,1-2,4-5,9,11,15,17H2,(H,28,30,31). The zero-order valence-corrected chi connectivity index (χ0v) is 39.5. The summed E-state index contributed by atoms with van der Waals surface area (Å²) in [5.74, 6) is 1.22. The van der Waals surface area contributed by atoms with Crippen LogP contribution in [-0.2, 0) is 17.9 Å². The number of amides is 3. The number of β-amino-alcohol motifs (C(OH)–C–C–N with tert-alkyl or cyclic N) is 1. The van der Waals surface area contributed by atoms with Crippen LogP contribution >= 0.6 is 0 Å². The highest BCUT2D eigenvalue weighted by molar-refractivity contribution is 5.98. The molecule has 4 fully saturated rings. The average molecular weight is 956 g/mol. The van der Waals surface area contributed by atoms with E-state index in [0.29, 0.717) is 97.6 Å². The van der Waals surface area contributed by atoms with Crippen molar-refractivity contribution in [2.75, 3.05) is 43.4 Å². The summed E-state index contributed by atoms with van der Waals surface area (Å²) in [4.78, 5) is 58.3. The number of carbonyl (C=O) groups excluding carboxylic acids is 3. The van der Waals surface area contributed by atoms with E-state index in [4.69, 9.17) is 0 Å². The second-order valence-electron chi connectivity index (χ2n) is 18.7. The van der Waals surface area contributed by atoms with E-state index in [9.17, 15) is 30.0 Å². The lowest BCUT2D eigenvalue weighted by Crippen LogP contribution is -2.49. The molecule has 2 saturated carbocycles. The normalized spacial score (nSPS) is 17.9. The van der Waals surface area contributed by atoms with Crippen molar-refractivity contribution in [2.45, 2.75) is 77.0 Å². The van der Waals surface area contributed by atoms with E-state index < -0.39 is 6.10 Å². The number of anilines is 4. The highest BCUT2D eigenvalue weighted by Gasteiger charge is 2.28. The summed E-state index contributed by atoms with van der Waals surface area (Å²) in [7, 11) is 0. The fraction of sp³-hybridized carbons (Fsp3) is 0.404. The zero-order chi connectivity index (χ0) is 49.1. The summed E-state index contributed by atoms with van der Waals surface area (Å²) in [6.45, 7) is 3.10. The highest BCUT2D eigenvalue weighted by atomic mass is 16.3. The molecule has 3 unspecified atom stereocenters. The maximum absolute atomic E-state index is 12.8. The molecule has 364 valence electrons. The van der Waals surface area contributed by atoms with Crippen molar-refractivity contribution in [3.63, 3.8) is 0 Å². The molecule has 0 spiro atoms. The first-order chi connectivity index (χ1) is 34.7. The van der Waals surface area contributed by atoms with E-state index >= 15 is 0 Å². The first-order valence-electron chi connectivity index (χ1n) is 24.5. The minimum Gasteiger partial charge on any atom is -0.391 e. The number of nitrogens with zero attached hydrogens (tertiary/aromatic N) is 12. The van der Waals surface area contributed by atoms with Gasteiger partial charge in [-0.1, -0.05) is 37.8 Å². The number of aliphatic hydroxyl groups is 1. The Morgan fingerprint density at radius 1 is 0.704 bits per heavy atom. The molecule has 71 heavy (non-hydrogen) atoms. The van der Waals surface area contributed by atoms with Crippen LogP contribution in [0.1, 0.15) is 78.5 Å². The fourth-order valence-corrected chi connectivity index (χ4v) is 9.89. The molecule has 0 radical (unpaired) electrons. The second kappa shape index (κ2) is 22.6. The molecule has 19 nitrogen and oxygen atoms in total. The van der Waals surface area contributed by atoms with Gasteiger partial charge in [0.1, 0.15) is 0 Å². The molecule has 6 heterocycles. The third-order valence-electron chi connectivity index (χ3n) is 13.7. The summed E-state index contributed by atoms with van der Waals surface area (Å²) >= 11 is 0. The molecule has 2 aromatic carbocycles. The van der Waals surface area contributed by atoms with Crippen LogP contribution in [0.2, 0.25) is 0 Å². The third kappa shape index (κ3) is 12.2. The van der Waals surface area contributed by atoms with Gasteiger partial charge in [0.25, 0.3) is 11.8 Å². The predicted molar refractivity (Wildman–Crippen MR) is 264 cm³/mol. The number of benzene rings is 2. The molecule has 2 aliphatic carbocycles. The molecule has 3 atom stereocenters. The molecular weight excluding hydrogens is 899 g/mol. The Bertz CT molecular complexity index is 2910. The van der Waals surface area contributed by atoms with Crippen molar-refractivity contribution in [3.05, 3.63) is 109 Å². The van der Waals surface area contributed by atoms with Crippen molar-refractivity contribution in [2.24, 2.45) is 23.7 Å². The number of nitriles is 2. The molecule has 4 aliphatic rings. The minimum absolute atomic E-state index is 0.0216. The molecule has 4 aromatic heterocycles. The number of aromatic nitrogens is 8.